The first-order chi connectivity index (χ1) is 9.52. The molecule has 0 aromatic heterocycles. The summed E-state index contributed by atoms with van der Waals surface area (Å²) < 4.78 is 15.9. The number of carboxylic acid groups (broad SMARTS) is 1. The molecule has 0 radical (unpaired) electrons. The Morgan fingerprint density at radius 3 is 2.60 bits per heavy atom. The predicted octanol–water partition coefficient (Wildman–Crippen LogP) is 1.62. The molecule has 0 unspecified atom stereocenters. The Kier molecular flexibility index (Phi) is 4.34. The van der Waals surface area contributed by atoms with Crippen molar-refractivity contribution < 1.29 is 24.1 Å². The molecule has 2 N–H and O–H groups in total. The minimum Gasteiger partial charge on any atom is -0.496 e. The Bertz CT molecular complexity index is 501. The van der Waals surface area contributed by atoms with E-state index in [1.807, 2.05) is 19.9 Å². The first kappa shape index (κ1) is 14.5. The van der Waals surface area contributed by atoms with Crippen LogP contribution in [0, 0.1) is 5.92 Å². The predicted molar refractivity (Wildman–Crippen MR) is 72.2 cm³/mol. The molecule has 1 aliphatic heterocycles. The molecule has 1 atom stereocenters. The number of carboxylic acids is 1. The van der Waals surface area contributed by atoms with Gasteiger partial charge in [0.15, 0.2) is 11.5 Å². The minimum absolute atomic E-state index is 0.00694. The molecular formula is C14H19NO5. The van der Waals surface area contributed by atoms with E-state index >= 15 is 0 Å². The van der Waals surface area contributed by atoms with Gasteiger partial charge in [0, 0.05) is 18.2 Å². The van der Waals surface area contributed by atoms with E-state index in [-0.39, 0.29) is 12.7 Å². The first-order valence-electron chi connectivity index (χ1n) is 6.45. The average molecular weight is 281 g/mol. The van der Waals surface area contributed by atoms with Crippen LogP contribution in [0.4, 0.5) is 0 Å². The van der Waals surface area contributed by atoms with Crippen LogP contribution in [-0.2, 0) is 11.3 Å². The number of hydrogen-bond acceptors (Lipinski definition) is 5. The molecule has 20 heavy (non-hydrogen) atoms. The van der Waals surface area contributed by atoms with Crippen LogP contribution in [0.3, 0.4) is 0 Å². The summed E-state index contributed by atoms with van der Waals surface area (Å²) in [6, 6.07) is 2.96. The number of ether oxygens (including phenoxy) is 3. The molecule has 0 saturated carbocycles. The zero-order valence-corrected chi connectivity index (χ0v) is 11.8. The van der Waals surface area contributed by atoms with E-state index in [4.69, 9.17) is 19.3 Å². The summed E-state index contributed by atoms with van der Waals surface area (Å²) in [6.07, 6.45) is 0. The fraction of sp³-hybridized carbons (Fsp3) is 0.500. The summed E-state index contributed by atoms with van der Waals surface area (Å²) in [5.41, 5.74) is 0.837. The number of hydrogen-bond donors (Lipinski definition) is 2. The van der Waals surface area contributed by atoms with Crippen LogP contribution >= 0.6 is 0 Å². The van der Waals surface area contributed by atoms with Crippen LogP contribution in [-0.4, -0.2) is 31.0 Å². The van der Waals surface area contributed by atoms with Crippen LogP contribution in [0.25, 0.3) is 0 Å². The number of fused-ring (bicyclic) bond motifs is 1. The van der Waals surface area contributed by atoms with Gasteiger partial charge in [0.1, 0.15) is 11.8 Å². The molecule has 110 valence electrons. The molecule has 1 aromatic carbocycles. The fourth-order valence-electron chi connectivity index (χ4n) is 2.12. The highest BCUT2D eigenvalue weighted by molar-refractivity contribution is 5.73. The number of carbonyl (C=O) groups is 1. The lowest BCUT2D eigenvalue weighted by molar-refractivity contribution is -0.140. The summed E-state index contributed by atoms with van der Waals surface area (Å²) in [7, 11) is 1.57. The van der Waals surface area contributed by atoms with Gasteiger partial charge in [-0.25, -0.2) is 0 Å². The Morgan fingerprint density at radius 2 is 2.05 bits per heavy atom. The van der Waals surface area contributed by atoms with Crippen molar-refractivity contribution >= 4 is 5.97 Å². The van der Waals surface area contributed by atoms with E-state index in [2.05, 4.69) is 5.32 Å². The summed E-state index contributed by atoms with van der Waals surface area (Å²) in [5, 5.41) is 12.2. The van der Waals surface area contributed by atoms with Crippen molar-refractivity contribution in [2.45, 2.75) is 26.4 Å². The van der Waals surface area contributed by atoms with Crippen molar-refractivity contribution in [3.05, 3.63) is 17.7 Å². The van der Waals surface area contributed by atoms with Gasteiger partial charge in [-0.1, -0.05) is 13.8 Å². The van der Waals surface area contributed by atoms with Gasteiger partial charge in [0.05, 0.1) is 7.11 Å². The Labute approximate surface area is 117 Å². The molecule has 0 fully saturated rings. The number of methoxy groups -OCH3 is 1. The summed E-state index contributed by atoms with van der Waals surface area (Å²) >= 11 is 0. The maximum Gasteiger partial charge on any atom is 0.320 e. The van der Waals surface area contributed by atoms with E-state index in [0.29, 0.717) is 23.8 Å². The maximum atomic E-state index is 11.2. The highest BCUT2D eigenvalue weighted by atomic mass is 16.7. The third-order valence-corrected chi connectivity index (χ3v) is 3.22. The fourth-order valence-corrected chi connectivity index (χ4v) is 2.12. The molecule has 1 aliphatic rings. The van der Waals surface area contributed by atoms with Gasteiger partial charge in [-0.2, -0.15) is 0 Å². The lowest BCUT2D eigenvalue weighted by atomic mass is 10.0. The van der Waals surface area contributed by atoms with Crippen molar-refractivity contribution in [2.75, 3.05) is 13.9 Å². The molecule has 1 heterocycles. The van der Waals surface area contributed by atoms with Gasteiger partial charge in [-0.3, -0.25) is 10.1 Å². The van der Waals surface area contributed by atoms with Gasteiger partial charge in [0.2, 0.25) is 6.79 Å². The molecule has 6 heteroatoms. The summed E-state index contributed by atoms with van der Waals surface area (Å²) in [4.78, 5) is 11.2. The molecular weight excluding hydrogens is 262 g/mol. The second-order valence-electron chi connectivity index (χ2n) is 4.96. The number of nitrogens with one attached hydrogen (secondary N) is 1. The third kappa shape index (κ3) is 2.96. The quantitative estimate of drug-likeness (QED) is 0.825. The van der Waals surface area contributed by atoms with E-state index in [1.165, 1.54) is 0 Å². The van der Waals surface area contributed by atoms with Gasteiger partial charge < -0.3 is 19.3 Å². The number of benzene rings is 1. The lowest BCUT2D eigenvalue weighted by Gasteiger charge is -2.19. The van der Waals surface area contributed by atoms with Gasteiger partial charge in [-0.15, -0.1) is 0 Å². The van der Waals surface area contributed by atoms with Crippen LogP contribution < -0.4 is 19.5 Å². The zero-order valence-electron chi connectivity index (χ0n) is 11.8. The second kappa shape index (κ2) is 6.00. The minimum atomic E-state index is -0.861. The largest absolute Gasteiger partial charge is 0.496 e. The standard InChI is InChI=1S/C14H19NO5/c1-8(2)13(14(16)17)15-6-9-4-11-12(20-7-19-11)5-10(9)18-3/h4-5,8,13,15H,6-7H2,1-3H3,(H,16,17)/t13-/m1/s1. The number of rotatable bonds is 6. The molecule has 0 saturated heterocycles. The summed E-state index contributed by atoms with van der Waals surface area (Å²) in [6.45, 7) is 4.30. The first-order valence-corrected chi connectivity index (χ1v) is 6.45. The van der Waals surface area contributed by atoms with E-state index in [1.54, 1.807) is 13.2 Å². The normalized spacial score (nSPS) is 14.4. The zero-order chi connectivity index (χ0) is 14.7. The van der Waals surface area contributed by atoms with Crippen LogP contribution in [0.2, 0.25) is 0 Å². The highest BCUT2D eigenvalue weighted by Crippen LogP contribution is 2.38. The highest BCUT2D eigenvalue weighted by Gasteiger charge is 2.22. The van der Waals surface area contributed by atoms with Crippen molar-refractivity contribution in [3.8, 4) is 17.2 Å². The van der Waals surface area contributed by atoms with Gasteiger partial charge in [-0.05, 0) is 12.0 Å². The monoisotopic (exact) mass is 281 g/mol. The average Bonchev–Trinajstić information content (AvgIpc) is 2.84. The van der Waals surface area contributed by atoms with E-state index in [0.717, 1.165) is 5.56 Å². The van der Waals surface area contributed by atoms with Gasteiger partial charge in [0.25, 0.3) is 0 Å². The van der Waals surface area contributed by atoms with Crippen LogP contribution in [0.5, 0.6) is 17.2 Å². The lowest BCUT2D eigenvalue weighted by Crippen LogP contribution is -2.40. The van der Waals surface area contributed by atoms with Crippen LogP contribution in [0.15, 0.2) is 12.1 Å². The topological polar surface area (TPSA) is 77.0 Å². The molecule has 6 nitrogen and oxygen atoms in total. The number of aliphatic carboxylic acids is 1. The van der Waals surface area contributed by atoms with Crippen molar-refractivity contribution in [3.63, 3.8) is 0 Å². The Balaban J connectivity index is 2.14. The third-order valence-electron chi connectivity index (χ3n) is 3.22. The molecule has 0 amide bonds. The SMILES string of the molecule is COc1cc2c(cc1CN[C@@H](C(=O)O)C(C)C)OCO2. The van der Waals surface area contributed by atoms with E-state index < -0.39 is 12.0 Å². The van der Waals surface area contributed by atoms with Crippen molar-refractivity contribution in [2.24, 2.45) is 5.92 Å². The molecule has 1 aromatic rings. The maximum absolute atomic E-state index is 11.2. The molecule has 0 bridgehead atoms. The van der Waals surface area contributed by atoms with Gasteiger partial charge >= 0.3 is 5.97 Å². The second-order valence-corrected chi connectivity index (χ2v) is 4.96. The Morgan fingerprint density at radius 1 is 1.40 bits per heavy atom. The Hall–Kier alpha value is -1.95. The van der Waals surface area contributed by atoms with Crippen molar-refractivity contribution in [1.29, 1.82) is 0 Å². The van der Waals surface area contributed by atoms with Crippen molar-refractivity contribution in [1.82, 2.24) is 5.32 Å². The molecule has 0 aliphatic carbocycles. The molecule has 2 rings (SSSR count). The van der Waals surface area contributed by atoms with E-state index in [9.17, 15) is 4.79 Å². The van der Waals surface area contributed by atoms with Crippen LogP contribution in [0.1, 0.15) is 19.4 Å². The smallest absolute Gasteiger partial charge is 0.320 e. The molecule has 0 spiro atoms. The summed E-state index contributed by atoms with van der Waals surface area (Å²) in [5.74, 6) is 1.07.